The van der Waals surface area contributed by atoms with Crippen LogP contribution in [0.1, 0.15) is 28.9 Å². The van der Waals surface area contributed by atoms with Crippen LogP contribution in [-0.4, -0.2) is 53.1 Å². The number of halogens is 2. The zero-order chi connectivity index (χ0) is 18.7. The molecule has 1 aliphatic heterocycles. The lowest BCUT2D eigenvalue weighted by molar-refractivity contribution is 0.146. The Morgan fingerprint density at radius 2 is 1.85 bits per heavy atom. The van der Waals surface area contributed by atoms with Crippen molar-refractivity contribution in [1.29, 1.82) is 0 Å². The Hall–Kier alpha value is -2.35. The summed E-state index contributed by atoms with van der Waals surface area (Å²) in [5.41, 5.74) is 2.86. The van der Waals surface area contributed by atoms with Crippen LogP contribution in [0.5, 0.6) is 5.75 Å². The third kappa shape index (κ3) is 3.90. The number of rotatable bonds is 5. The quantitative estimate of drug-likeness (QED) is 0.814. The average molecular weight is 363 g/mol. The van der Waals surface area contributed by atoms with E-state index in [2.05, 4.69) is 19.9 Å². The molecule has 0 unspecified atom stereocenters. The summed E-state index contributed by atoms with van der Waals surface area (Å²) >= 11 is 0. The summed E-state index contributed by atoms with van der Waals surface area (Å²) in [6.45, 7) is 7.82. The Bertz CT molecular complexity index is 763. The van der Waals surface area contributed by atoms with Crippen LogP contribution in [0.4, 0.5) is 14.6 Å². The first-order valence-corrected chi connectivity index (χ1v) is 8.56. The van der Waals surface area contributed by atoms with E-state index in [-0.39, 0.29) is 5.69 Å². The van der Waals surface area contributed by atoms with E-state index in [1.165, 1.54) is 12.4 Å². The van der Waals surface area contributed by atoms with Crippen molar-refractivity contribution in [3.05, 3.63) is 41.1 Å². The first kappa shape index (κ1) is 18.4. The van der Waals surface area contributed by atoms with Crippen molar-refractivity contribution in [1.82, 2.24) is 19.9 Å². The molecule has 0 N–H and O–H groups in total. The van der Waals surface area contributed by atoms with E-state index in [1.54, 1.807) is 7.11 Å². The molecule has 0 aromatic carbocycles. The van der Waals surface area contributed by atoms with Gasteiger partial charge in [0.15, 0.2) is 0 Å². The fourth-order valence-corrected chi connectivity index (χ4v) is 3.23. The van der Waals surface area contributed by atoms with E-state index in [0.717, 1.165) is 55.3 Å². The summed E-state index contributed by atoms with van der Waals surface area (Å²) in [5.74, 6) is 1.44. The Balaban J connectivity index is 1.63. The van der Waals surface area contributed by atoms with E-state index in [9.17, 15) is 8.78 Å². The minimum absolute atomic E-state index is 0.232. The predicted molar refractivity (Wildman–Crippen MR) is 94.7 cm³/mol. The molecule has 0 radical (unpaired) electrons. The molecule has 2 aromatic heterocycles. The molecule has 26 heavy (non-hydrogen) atoms. The molecule has 0 aliphatic carbocycles. The van der Waals surface area contributed by atoms with Gasteiger partial charge in [-0.05, 0) is 13.8 Å². The Kier molecular flexibility index (Phi) is 5.61. The van der Waals surface area contributed by atoms with Gasteiger partial charge in [-0.1, -0.05) is 0 Å². The van der Waals surface area contributed by atoms with Crippen molar-refractivity contribution in [3.8, 4) is 5.75 Å². The summed E-state index contributed by atoms with van der Waals surface area (Å²) in [6, 6.07) is 1.37. The van der Waals surface area contributed by atoms with Crippen LogP contribution in [0, 0.1) is 13.8 Å². The third-order valence-electron chi connectivity index (χ3n) is 4.72. The molecule has 1 fully saturated rings. The van der Waals surface area contributed by atoms with Gasteiger partial charge in [0, 0.05) is 56.1 Å². The zero-order valence-corrected chi connectivity index (χ0v) is 15.2. The normalized spacial score (nSPS) is 15.5. The number of aryl methyl sites for hydroxylation is 1. The summed E-state index contributed by atoms with van der Waals surface area (Å²) in [7, 11) is 1.67. The van der Waals surface area contributed by atoms with E-state index in [0.29, 0.717) is 5.82 Å². The van der Waals surface area contributed by atoms with Gasteiger partial charge in [0.2, 0.25) is 0 Å². The monoisotopic (exact) mass is 363 g/mol. The molecule has 3 heterocycles. The van der Waals surface area contributed by atoms with Crippen LogP contribution in [0.2, 0.25) is 0 Å². The van der Waals surface area contributed by atoms with E-state index in [1.807, 2.05) is 24.9 Å². The van der Waals surface area contributed by atoms with Crippen LogP contribution < -0.4 is 9.64 Å². The van der Waals surface area contributed by atoms with Gasteiger partial charge < -0.3 is 9.64 Å². The van der Waals surface area contributed by atoms with Crippen LogP contribution in [0.25, 0.3) is 0 Å². The molecular weight excluding hydrogens is 340 g/mol. The van der Waals surface area contributed by atoms with Gasteiger partial charge in [-0.3, -0.25) is 9.88 Å². The minimum Gasteiger partial charge on any atom is -0.496 e. The Morgan fingerprint density at radius 1 is 1.12 bits per heavy atom. The number of pyridine rings is 1. The van der Waals surface area contributed by atoms with Crippen molar-refractivity contribution in [2.75, 3.05) is 38.2 Å². The molecule has 6 nitrogen and oxygen atoms in total. The maximum Gasteiger partial charge on any atom is 0.280 e. The summed E-state index contributed by atoms with van der Waals surface area (Å²) in [5, 5.41) is 0. The average Bonchev–Trinajstić information content (AvgIpc) is 2.65. The lowest BCUT2D eigenvalue weighted by Crippen LogP contribution is -2.46. The lowest BCUT2D eigenvalue weighted by atomic mass is 10.1. The summed E-state index contributed by atoms with van der Waals surface area (Å²) < 4.78 is 31.1. The Morgan fingerprint density at radius 3 is 2.50 bits per heavy atom. The molecule has 1 aliphatic rings. The number of ether oxygens (including phenoxy) is 1. The SMILES string of the molecule is COc1c(C)cnc(CN2CCN(c3cc(C(F)F)ncn3)CC2)c1C. The van der Waals surface area contributed by atoms with Crippen LogP contribution in [-0.2, 0) is 6.54 Å². The van der Waals surface area contributed by atoms with Gasteiger partial charge in [-0.2, -0.15) is 0 Å². The number of hydrogen-bond acceptors (Lipinski definition) is 6. The van der Waals surface area contributed by atoms with E-state index < -0.39 is 6.43 Å². The highest BCUT2D eigenvalue weighted by atomic mass is 19.3. The van der Waals surface area contributed by atoms with Gasteiger partial charge in [0.1, 0.15) is 23.6 Å². The number of hydrogen-bond donors (Lipinski definition) is 0. The largest absolute Gasteiger partial charge is 0.496 e. The molecule has 140 valence electrons. The van der Waals surface area contributed by atoms with Gasteiger partial charge in [0.05, 0.1) is 12.8 Å². The number of methoxy groups -OCH3 is 1. The van der Waals surface area contributed by atoms with E-state index >= 15 is 0 Å². The molecular formula is C18H23F2N5O. The van der Waals surface area contributed by atoms with Gasteiger partial charge in [-0.25, -0.2) is 18.7 Å². The molecule has 0 amide bonds. The van der Waals surface area contributed by atoms with E-state index in [4.69, 9.17) is 4.74 Å². The lowest BCUT2D eigenvalue weighted by Gasteiger charge is -2.35. The second kappa shape index (κ2) is 7.90. The number of anilines is 1. The maximum atomic E-state index is 12.8. The fraction of sp³-hybridized carbons (Fsp3) is 0.500. The highest BCUT2D eigenvalue weighted by Crippen LogP contribution is 2.25. The summed E-state index contributed by atoms with van der Waals surface area (Å²) in [6.07, 6.45) is 0.461. The Labute approximate surface area is 151 Å². The second-order valence-corrected chi connectivity index (χ2v) is 6.41. The smallest absolute Gasteiger partial charge is 0.280 e. The van der Waals surface area contributed by atoms with Crippen molar-refractivity contribution in [3.63, 3.8) is 0 Å². The van der Waals surface area contributed by atoms with Crippen molar-refractivity contribution in [2.45, 2.75) is 26.8 Å². The molecule has 0 bridgehead atoms. The molecule has 8 heteroatoms. The first-order chi connectivity index (χ1) is 12.5. The molecule has 0 saturated carbocycles. The van der Waals surface area contributed by atoms with Crippen LogP contribution >= 0.6 is 0 Å². The van der Waals surface area contributed by atoms with Crippen molar-refractivity contribution in [2.24, 2.45) is 0 Å². The van der Waals surface area contributed by atoms with Crippen LogP contribution in [0.3, 0.4) is 0 Å². The first-order valence-electron chi connectivity index (χ1n) is 8.56. The highest BCUT2D eigenvalue weighted by Gasteiger charge is 2.21. The molecule has 2 aromatic rings. The van der Waals surface area contributed by atoms with Gasteiger partial charge in [-0.15, -0.1) is 0 Å². The second-order valence-electron chi connectivity index (χ2n) is 6.41. The van der Waals surface area contributed by atoms with Gasteiger partial charge in [0.25, 0.3) is 6.43 Å². The fourth-order valence-electron chi connectivity index (χ4n) is 3.23. The predicted octanol–water partition coefficient (Wildman–Crippen LogP) is 2.76. The minimum atomic E-state index is -2.58. The molecule has 1 saturated heterocycles. The van der Waals surface area contributed by atoms with Crippen molar-refractivity contribution >= 4 is 5.82 Å². The molecule has 0 spiro atoms. The van der Waals surface area contributed by atoms with Crippen LogP contribution in [0.15, 0.2) is 18.6 Å². The number of piperazine rings is 1. The maximum absolute atomic E-state index is 12.8. The topological polar surface area (TPSA) is 54.4 Å². The van der Waals surface area contributed by atoms with Crippen molar-refractivity contribution < 1.29 is 13.5 Å². The number of nitrogens with zero attached hydrogens (tertiary/aromatic N) is 5. The van der Waals surface area contributed by atoms with Gasteiger partial charge >= 0.3 is 0 Å². The zero-order valence-electron chi connectivity index (χ0n) is 15.2. The number of alkyl halides is 2. The standard InChI is InChI=1S/C18H23F2N5O/c1-12-9-21-15(13(2)17(12)26-3)10-24-4-6-25(7-5-24)16-8-14(18(19)20)22-11-23-16/h8-9,11,18H,4-7,10H2,1-3H3. The number of aromatic nitrogens is 3. The third-order valence-corrected chi connectivity index (χ3v) is 4.72. The highest BCUT2D eigenvalue weighted by molar-refractivity contribution is 5.42. The summed E-state index contributed by atoms with van der Waals surface area (Å²) in [4.78, 5) is 16.6. The molecule has 3 rings (SSSR count). The molecule has 0 atom stereocenters.